The first-order valence-corrected chi connectivity index (χ1v) is 6.11. The van der Waals surface area contributed by atoms with Crippen LogP contribution in [0.2, 0.25) is 0 Å². The van der Waals surface area contributed by atoms with Gasteiger partial charge in [0.05, 0.1) is 0 Å². The topological polar surface area (TPSA) is 29.1 Å². The van der Waals surface area contributed by atoms with Gasteiger partial charge in [-0.3, -0.25) is 4.79 Å². The molecule has 0 saturated heterocycles. The van der Waals surface area contributed by atoms with Gasteiger partial charge in [0, 0.05) is 11.6 Å². The van der Waals surface area contributed by atoms with Crippen molar-refractivity contribution in [2.24, 2.45) is 5.92 Å². The highest BCUT2D eigenvalue weighted by Crippen LogP contribution is 2.30. The Labute approximate surface area is 97.1 Å². The third-order valence-corrected chi connectivity index (χ3v) is 3.31. The normalized spacial score (nSPS) is 16.9. The lowest BCUT2D eigenvalue weighted by molar-refractivity contribution is -0.117. The van der Waals surface area contributed by atoms with Crippen molar-refractivity contribution in [3.05, 3.63) is 29.8 Å². The molecule has 16 heavy (non-hydrogen) atoms. The minimum absolute atomic E-state index is 0.177. The molecule has 1 saturated carbocycles. The second-order valence-corrected chi connectivity index (χ2v) is 4.69. The Morgan fingerprint density at radius 1 is 1.38 bits per heavy atom. The van der Waals surface area contributed by atoms with Gasteiger partial charge < -0.3 is 5.32 Å². The Balaban J connectivity index is 1.98. The molecule has 0 unspecified atom stereocenters. The molecule has 1 amide bonds. The number of carbonyl (C=O) groups excluding carboxylic acids is 1. The van der Waals surface area contributed by atoms with Gasteiger partial charge in [0.15, 0.2) is 0 Å². The summed E-state index contributed by atoms with van der Waals surface area (Å²) in [5.74, 6) is 1.04. The molecule has 0 bridgehead atoms. The number of hydrogen-bond acceptors (Lipinski definition) is 1. The summed E-state index contributed by atoms with van der Waals surface area (Å²) < 4.78 is 0. The molecule has 1 aliphatic rings. The summed E-state index contributed by atoms with van der Waals surface area (Å²) in [5.41, 5.74) is 2.26. The fourth-order valence-corrected chi connectivity index (χ4v) is 1.72. The minimum Gasteiger partial charge on any atom is -0.326 e. The van der Waals surface area contributed by atoms with Crippen LogP contribution >= 0.6 is 0 Å². The van der Waals surface area contributed by atoms with Crippen molar-refractivity contribution < 1.29 is 4.79 Å². The van der Waals surface area contributed by atoms with E-state index in [9.17, 15) is 4.79 Å². The van der Waals surface area contributed by atoms with Gasteiger partial charge in [-0.05, 0) is 42.9 Å². The molecule has 0 radical (unpaired) electrons. The SMILES string of the molecule is CC[C@H](C)c1ccc(NC(=O)C2CC2)cc1. The third kappa shape index (κ3) is 2.63. The summed E-state index contributed by atoms with van der Waals surface area (Å²) >= 11 is 0. The Hall–Kier alpha value is -1.31. The van der Waals surface area contributed by atoms with Gasteiger partial charge in [-0.15, -0.1) is 0 Å². The maximum absolute atomic E-state index is 11.5. The molecule has 1 aromatic carbocycles. The molecule has 1 aliphatic carbocycles. The maximum Gasteiger partial charge on any atom is 0.227 e. The largest absolute Gasteiger partial charge is 0.326 e. The Morgan fingerprint density at radius 3 is 2.50 bits per heavy atom. The zero-order chi connectivity index (χ0) is 11.5. The molecule has 2 heteroatoms. The van der Waals surface area contributed by atoms with Crippen LogP contribution in [0.3, 0.4) is 0 Å². The van der Waals surface area contributed by atoms with Gasteiger partial charge >= 0.3 is 0 Å². The van der Waals surface area contributed by atoms with Gasteiger partial charge in [0.2, 0.25) is 5.91 Å². The molecule has 0 heterocycles. The van der Waals surface area contributed by atoms with Gasteiger partial charge in [0.1, 0.15) is 0 Å². The lowest BCUT2D eigenvalue weighted by Crippen LogP contribution is -2.13. The van der Waals surface area contributed by atoms with E-state index in [0.29, 0.717) is 5.92 Å². The monoisotopic (exact) mass is 217 g/mol. The molecule has 2 nitrogen and oxygen atoms in total. The van der Waals surface area contributed by atoms with Gasteiger partial charge in [-0.25, -0.2) is 0 Å². The van der Waals surface area contributed by atoms with Crippen molar-refractivity contribution >= 4 is 11.6 Å². The molecule has 0 spiro atoms. The average Bonchev–Trinajstić information content (AvgIpc) is 3.13. The molecule has 86 valence electrons. The van der Waals surface area contributed by atoms with Gasteiger partial charge in [-0.2, -0.15) is 0 Å². The van der Waals surface area contributed by atoms with E-state index in [-0.39, 0.29) is 11.8 Å². The van der Waals surface area contributed by atoms with Crippen LogP contribution in [0.25, 0.3) is 0 Å². The molecule has 0 aromatic heterocycles. The van der Waals surface area contributed by atoms with E-state index in [1.54, 1.807) is 0 Å². The quantitative estimate of drug-likeness (QED) is 0.821. The van der Waals surface area contributed by atoms with Gasteiger partial charge in [-0.1, -0.05) is 26.0 Å². The Bertz CT molecular complexity index is 365. The standard InChI is InChI=1S/C14H19NO/c1-3-10(2)11-6-8-13(9-7-11)15-14(16)12-4-5-12/h6-10,12H,3-5H2,1-2H3,(H,15,16)/t10-/m0/s1. The third-order valence-electron chi connectivity index (χ3n) is 3.31. The summed E-state index contributed by atoms with van der Waals surface area (Å²) in [4.78, 5) is 11.5. The van der Waals surface area contributed by atoms with E-state index in [0.717, 1.165) is 24.9 Å². The molecular formula is C14H19NO. The number of nitrogens with one attached hydrogen (secondary N) is 1. The zero-order valence-electron chi connectivity index (χ0n) is 9.99. The second kappa shape index (κ2) is 4.69. The van der Waals surface area contributed by atoms with E-state index < -0.39 is 0 Å². The maximum atomic E-state index is 11.5. The highest BCUT2D eigenvalue weighted by Gasteiger charge is 2.29. The van der Waals surface area contributed by atoms with Crippen LogP contribution in [0, 0.1) is 5.92 Å². The molecule has 1 aromatic rings. The van der Waals surface area contributed by atoms with Crippen LogP contribution in [0.15, 0.2) is 24.3 Å². The lowest BCUT2D eigenvalue weighted by Gasteiger charge is -2.10. The molecular weight excluding hydrogens is 198 g/mol. The predicted molar refractivity (Wildman–Crippen MR) is 66.5 cm³/mol. The van der Waals surface area contributed by atoms with Crippen molar-refractivity contribution in [2.45, 2.75) is 39.0 Å². The predicted octanol–water partition coefficient (Wildman–Crippen LogP) is 3.55. The molecule has 1 fully saturated rings. The highest BCUT2D eigenvalue weighted by molar-refractivity contribution is 5.93. The van der Waals surface area contributed by atoms with Crippen LogP contribution in [0.1, 0.15) is 44.6 Å². The smallest absolute Gasteiger partial charge is 0.227 e. The number of rotatable bonds is 4. The lowest BCUT2D eigenvalue weighted by atomic mass is 9.99. The summed E-state index contributed by atoms with van der Waals surface area (Å²) in [6, 6.07) is 8.22. The minimum atomic E-state index is 0.177. The fourth-order valence-electron chi connectivity index (χ4n) is 1.72. The summed E-state index contributed by atoms with van der Waals surface area (Å²) in [6.45, 7) is 4.41. The van der Waals surface area contributed by atoms with Crippen molar-refractivity contribution in [1.29, 1.82) is 0 Å². The highest BCUT2D eigenvalue weighted by atomic mass is 16.2. The Kier molecular flexibility index (Phi) is 3.28. The van der Waals surface area contributed by atoms with Crippen LogP contribution in [0.5, 0.6) is 0 Å². The summed E-state index contributed by atoms with van der Waals surface area (Å²) in [5, 5.41) is 2.95. The second-order valence-electron chi connectivity index (χ2n) is 4.69. The molecule has 0 aliphatic heterocycles. The van der Waals surface area contributed by atoms with Crippen LogP contribution in [0.4, 0.5) is 5.69 Å². The first kappa shape index (κ1) is 11.2. The zero-order valence-corrected chi connectivity index (χ0v) is 9.99. The fraction of sp³-hybridized carbons (Fsp3) is 0.500. The van der Waals surface area contributed by atoms with Gasteiger partial charge in [0.25, 0.3) is 0 Å². The van der Waals surface area contributed by atoms with E-state index >= 15 is 0 Å². The number of amides is 1. The van der Waals surface area contributed by atoms with Crippen LogP contribution < -0.4 is 5.32 Å². The number of hydrogen-bond donors (Lipinski definition) is 1. The van der Waals surface area contributed by atoms with Crippen molar-refractivity contribution in [1.82, 2.24) is 0 Å². The van der Waals surface area contributed by atoms with Crippen LogP contribution in [-0.2, 0) is 4.79 Å². The first-order chi connectivity index (χ1) is 7.70. The number of benzene rings is 1. The molecule has 1 atom stereocenters. The Morgan fingerprint density at radius 2 is 2.00 bits per heavy atom. The van der Waals surface area contributed by atoms with E-state index in [1.165, 1.54) is 5.56 Å². The average molecular weight is 217 g/mol. The number of carbonyl (C=O) groups is 1. The van der Waals surface area contributed by atoms with Crippen molar-refractivity contribution in [3.63, 3.8) is 0 Å². The number of anilines is 1. The molecule has 2 rings (SSSR count). The van der Waals surface area contributed by atoms with E-state index in [2.05, 4.69) is 31.3 Å². The summed E-state index contributed by atoms with van der Waals surface area (Å²) in [6.07, 6.45) is 3.25. The molecule has 1 N–H and O–H groups in total. The van der Waals surface area contributed by atoms with Crippen molar-refractivity contribution in [3.8, 4) is 0 Å². The van der Waals surface area contributed by atoms with E-state index in [4.69, 9.17) is 0 Å². The first-order valence-electron chi connectivity index (χ1n) is 6.11. The van der Waals surface area contributed by atoms with Crippen molar-refractivity contribution in [2.75, 3.05) is 5.32 Å². The van der Waals surface area contributed by atoms with Crippen LogP contribution in [-0.4, -0.2) is 5.91 Å². The summed E-state index contributed by atoms with van der Waals surface area (Å²) in [7, 11) is 0. The van der Waals surface area contributed by atoms with E-state index in [1.807, 2.05) is 12.1 Å².